The van der Waals surface area contributed by atoms with Gasteiger partial charge in [0, 0.05) is 37.2 Å². The number of likely N-dealkylation sites (N-methyl/N-ethyl adjacent to an activating group) is 1. The lowest BCUT2D eigenvalue weighted by atomic mass is 9.75. The maximum Gasteiger partial charge on any atom is 0.292 e. The molecule has 3 atom stereocenters. The molecule has 0 amide bonds. The van der Waals surface area contributed by atoms with Crippen LogP contribution in [0, 0.1) is 11.3 Å². The second-order valence-corrected chi connectivity index (χ2v) is 11.4. The molecular formula is C23H29N4OP. The molecule has 0 bridgehead atoms. The van der Waals surface area contributed by atoms with Crippen molar-refractivity contribution in [2.24, 2.45) is 16.4 Å². The van der Waals surface area contributed by atoms with Crippen molar-refractivity contribution >= 4 is 19.3 Å². The molecule has 0 N–H and O–H groups in total. The van der Waals surface area contributed by atoms with E-state index in [1.54, 1.807) is 4.78 Å². The monoisotopic (exact) mass is 408 g/mol. The second-order valence-electron chi connectivity index (χ2n) is 8.93. The molecular weight excluding hydrogens is 379 g/mol. The summed E-state index contributed by atoms with van der Waals surface area (Å²) in [5, 5.41) is 5.64. The zero-order valence-corrected chi connectivity index (χ0v) is 18.3. The Morgan fingerprint density at radius 2 is 1.76 bits per heavy atom. The Morgan fingerprint density at radius 3 is 2.45 bits per heavy atom. The van der Waals surface area contributed by atoms with Gasteiger partial charge in [0.15, 0.2) is 0 Å². The number of hydrogen-bond donors (Lipinski definition) is 0. The smallest absolute Gasteiger partial charge is 0.292 e. The van der Waals surface area contributed by atoms with Crippen LogP contribution in [-0.4, -0.2) is 42.0 Å². The van der Waals surface area contributed by atoms with Crippen LogP contribution < -0.4 is 4.78 Å². The number of allylic oxidation sites excluding steroid dienone is 4. The Hall–Kier alpha value is -2.10. The maximum absolute atomic E-state index is 14.9. The summed E-state index contributed by atoms with van der Waals surface area (Å²) in [5.41, 5.74) is 1.94. The van der Waals surface area contributed by atoms with Gasteiger partial charge in [0.1, 0.15) is 0 Å². The Balaban J connectivity index is 1.70. The molecule has 152 valence electrons. The van der Waals surface area contributed by atoms with Crippen LogP contribution in [0.2, 0.25) is 0 Å². The van der Waals surface area contributed by atoms with Crippen molar-refractivity contribution in [2.75, 3.05) is 24.9 Å². The Kier molecular flexibility index (Phi) is 4.38. The minimum Gasteiger partial charge on any atom is -0.370 e. The van der Waals surface area contributed by atoms with Crippen molar-refractivity contribution in [1.82, 2.24) is 9.57 Å². The number of hydrogen-bond acceptors (Lipinski definition) is 3. The molecule has 2 saturated heterocycles. The van der Waals surface area contributed by atoms with Crippen LogP contribution in [0.15, 0.2) is 70.7 Å². The molecule has 3 unspecified atom stereocenters. The summed E-state index contributed by atoms with van der Waals surface area (Å²) in [6.45, 7) is 6.29. The summed E-state index contributed by atoms with van der Waals surface area (Å²) in [6.07, 6.45) is 12.9. The van der Waals surface area contributed by atoms with E-state index >= 15 is 0 Å². The number of fused-ring (bicyclic) bond motifs is 1. The highest BCUT2D eigenvalue weighted by atomic mass is 31.2. The summed E-state index contributed by atoms with van der Waals surface area (Å²) in [6, 6.07) is 10.3. The van der Waals surface area contributed by atoms with Gasteiger partial charge in [0.05, 0.1) is 23.3 Å². The highest BCUT2D eigenvalue weighted by molar-refractivity contribution is 7.69. The minimum absolute atomic E-state index is 0.121. The molecule has 5 nitrogen and oxygen atoms in total. The van der Waals surface area contributed by atoms with Crippen molar-refractivity contribution in [3.63, 3.8) is 0 Å². The van der Waals surface area contributed by atoms with Crippen molar-refractivity contribution in [2.45, 2.75) is 32.7 Å². The predicted octanol–water partition coefficient (Wildman–Crippen LogP) is 5.08. The average molecular weight is 408 g/mol. The lowest BCUT2D eigenvalue weighted by Gasteiger charge is -2.35. The molecule has 0 saturated carbocycles. The highest BCUT2D eigenvalue weighted by Gasteiger charge is 2.54. The predicted molar refractivity (Wildman–Crippen MR) is 120 cm³/mol. The zero-order chi connectivity index (χ0) is 20.2. The number of hydrazone groups is 1. The van der Waals surface area contributed by atoms with Crippen LogP contribution in [-0.2, 0) is 4.57 Å². The molecule has 0 aromatic heterocycles. The van der Waals surface area contributed by atoms with E-state index in [9.17, 15) is 4.57 Å². The molecule has 5 rings (SSSR count). The van der Waals surface area contributed by atoms with Gasteiger partial charge in [0.2, 0.25) is 0 Å². The largest absolute Gasteiger partial charge is 0.370 e. The van der Waals surface area contributed by atoms with Crippen LogP contribution in [0.4, 0.5) is 5.69 Å². The molecule has 2 fully saturated rings. The van der Waals surface area contributed by atoms with E-state index in [2.05, 4.69) is 54.8 Å². The Labute approximate surface area is 173 Å². The SMILES string of the molecule is CN1C(=C2C=NN(c3ccccc3)P2(=O)N2CCCC2)C(C)(C)C2C=CC=CC21. The molecule has 29 heavy (non-hydrogen) atoms. The number of para-hydroxylation sites is 1. The minimum atomic E-state index is -3.05. The Morgan fingerprint density at radius 1 is 1.07 bits per heavy atom. The van der Waals surface area contributed by atoms with E-state index in [1.807, 2.05) is 36.5 Å². The summed E-state index contributed by atoms with van der Waals surface area (Å²) in [5.74, 6) is 0.367. The lowest BCUT2D eigenvalue weighted by molar-refractivity contribution is 0.344. The quantitative estimate of drug-likeness (QED) is 0.640. The fourth-order valence-corrected chi connectivity index (χ4v) is 8.62. The first kappa shape index (κ1) is 18.9. The van der Waals surface area contributed by atoms with E-state index in [1.165, 1.54) is 5.70 Å². The van der Waals surface area contributed by atoms with Crippen molar-refractivity contribution in [1.29, 1.82) is 0 Å². The number of benzene rings is 1. The van der Waals surface area contributed by atoms with Crippen LogP contribution >= 0.6 is 7.44 Å². The van der Waals surface area contributed by atoms with E-state index in [-0.39, 0.29) is 5.41 Å². The summed E-state index contributed by atoms with van der Waals surface area (Å²) in [7, 11) is -0.901. The van der Waals surface area contributed by atoms with Crippen molar-refractivity contribution in [3.8, 4) is 0 Å². The van der Waals surface area contributed by atoms with Gasteiger partial charge in [-0.1, -0.05) is 56.4 Å². The zero-order valence-electron chi connectivity index (χ0n) is 17.4. The van der Waals surface area contributed by atoms with E-state index in [0.717, 1.165) is 36.9 Å². The number of nitrogens with zero attached hydrogens (tertiary/aromatic N) is 4. The first-order valence-electron chi connectivity index (χ1n) is 10.5. The number of anilines is 1. The average Bonchev–Trinajstić information content (AvgIpc) is 3.42. The summed E-state index contributed by atoms with van der Waals surface area (Å²) >= 11 is 0. The molecule has 6 heteroatoms. The van der Waals surface area contributed by atoms with Crippen LogP contribution in [0.3, 0.4) is 0 Å². The number of likely N-dealkylation sites (tertiary alicyclic amines) is 1. The standard InChI is InChI=1S/C23H29N4OP/c1-23(2)19-13-7-8-14-20(19)25(3)22(23)21-17-24-27(18-11-5-4-6-12-18)29(21,28)26-15-9-10-16-26/h4-8,11-14,17,19-20H,9-10,15-16H2,1-3H3. The second kappa shape index (κ2) is 6.72. The van der Waals surface area contributed by atoms with Gasteiger partial charge in [-0.15, -0.1) is 0 Å². The molecule has 0 spiro atoms. The summed E-state index contributed by atoms with van der Waals surface area (Å²) in [4.78, 5) is 2.34. The maximum atomic E-state index is 14.9. The first-order valence-corrected chi connectivity index (χ1v) is 12.1. The molecule has 1 aromatic carbocycles. The van der Waals surface area contributed by atoms with Crippen LogP contribution in [0.1, 0.15) is 26.7 Å². The molecule has 4 aliphatic rings. The highest BCUT2D eigenvalue weighted by Crippen LogP contribution is 2.68. The van der Waals surface area contributed by atoms with Crippen molar-refractivity contribution < 1.29 is 4.57 Å². The van der Waals surface area contributed by atoms with Gasteiger partial charge in [-0.25, -0.2) is 4.67 Å². The van der Waals surface area contributed by atoms with Crippen LogP contribution in [0.25, 0.3) is 0 Å². The Bertz CT molecular complexity index is 972. The fourth-order valence-electron chi connectivity index (χ4n) is 5.49. The lowest BCUT2D eigenvalue weighted by Crippen LogP contribution is -2.29. The van der Waals surface area contributed by atoms with Gasteiger partial charge in [-0.2, -0.15) is 9.88 Å². The van der Waals surface area contributed by atoms with Gasteiger partial charge in [0.25, 0.3) is 7.44 Å². The topological polar surface area (TPSA) is 39.1 Å². The van der Waals surface area contributed by atoms with Gasteiger partial charge >= 0.3 is 0 Å². The van der Waals surface area contributed by atoms with E-state index in [4.69, 9.17) is 5.10 Å². The van der Waals surface area contributed by atoms with Gasteiger partial charge < -0.3 is 4.90 Å². The molecule has 1 aromatic rings. The molecule has 1 aliphatic carbocycles. The van der Waals surface area contributed by atoms with E-state index in [0.29, 0.717) is 12.0 Å². The molecule has 0 radical (unpaired) electrons. The van der Waals surface area contributed by atoms with Gasteiger partial charge in [-0.3, -0.25) is 4.57 Å². The third kappa shape index (κ3) is 2.64. The molecule has 3 heterocycles. The van der Waals surface area contributed by atoms with Crippen molar-refractivity contribution in [3.05, 3.63) is 65.6 Å². The normalized spacial score (nSPS) is 35.7. The van der Waals surface area contributed by atoms with E-state index < -0.39 is 7.44 Å². The fraction of sp³-hybridized carbons (Fsp3) is 0.435. The number of rotatable bonds is 2. The van der Waals surface area contributed by atoms with Gasteiger partial charge in [-0.05, 0) is 25.0 Å². The first-order chi connectivity index (χ1) is 14.0. The van der Waals surface area contributed by atoms with Crippen LogP contribution in [0.5, 0.6) is 0 Å². The summed E-state index contributed by atoms with van der Waals surface area (Å²) < 4.78 is 18.9. The third-order valence-corrected chi connectivity index (χ3v) is 9.87. The third-order valence-electron chi connectivity index (χ3n) is 6.90. The molecule has 3 aliphatic heterocycles.